The summed E-state index contributed by atoms with van der Waals surface area (Å²) in [5, 5.41) is 8.76. The Morgan fingerprint density at radius 2 is 2.00 bits per heavy atom. The Balaban J connectivity index is 2.00. The van der Waals surface area contributed by atoms with Crippen LogP contribution < -0.4 is 4.74 Å². The van der Waals surface area contributed by atoms with Gasteiger partial charge in [-0.3, -0.25) is 0 Å². The fourth-order valence-corrected chi connectivity index (χ4v) is 1.82. The van der Waals surface area contributed by atoms with Crippen LogP contribution in [0.15, 0.2) is 36.4 Å². The van der Waals surface area contributed by atoms with Gasteiger partial charge in [-0.15, -0.1) is 11.6 Å². The molecule has 0 saturated carbocycles. The van der Waals surface area contributed by atoms with Crippen LogP contribution in [0.5, 0.6) is 5.75 Å². The number of halogens is 1. The Morgan fingerprint density at radius 1 is 1.31 bits per heavy atom. The molecule has 0 saturated heterocycles. The second kappa shape index (κ2) is 4.58. The number of allylic oxidation sites excluding steroid dienone is 1. The minimum Gasteiger partial charge on any atom is -0.486 e. The van der Waals surface area contributed by atoms with E-state index in [1.165, 1.54) is 12.1 Å². The van der Waals surface area contributed by atoms with E-state index in [0.29, 0.717) is 5.75 Å². The maximum atomic E-state index is 10.6. The van der Waals surface area contributed by atoms with E-state index in [1.54, 1.807) is 12.1 Å². The molecule has 4 heteroatoms. The number of carbonyl (C=O) groups is 1. The van der Waals surface area contributed by atoms with Crippen LogP contribution in [0, 0.1) is 0 Å². The van der Waals surface area contributed by atoms with Crippen LogP contribution in [0.1, 0.15) is 16.8 Å². The molecular weight excluding hydrogens is 228 g/mol. The van der Waals surface area contributed by atoms with Gasteiger partial charge in [0, 0.05) is 6.42 Å². The molecule has 0 bridgehead atoms. The molecule has 0 aliphatic heterocycles. The van der Waals surface area contributed by atoms with E-state index >= 15 is 0 Å². The lowest BCUT2D eigenvalue weighted by Gasteiger charge is -2.12. The molecule has 0 radical (unpaired) electrons. The molecular formula is C12H11ClO3. The fraction of sp³-hybridized carbons (Fsp3) is 0.250. The average Bonchev–Trinajstić information content (AvgIpc) is 2.65. The molecule has 0 aromatic heterocycles. The highest BCUT2D eigenvalue weighted by Crippen LogP contribution is 2.22. The molecule has 1 aliphatic carbocycles. The summed E-state index contributed by atoms with van der Waals surface area (Å²) in [5.41, 5.74) is 0.254. The van der Waals surface area contributed by atoms with Crippen LogP contribution in [-0.2, 0) is 0 Å². The number of alkyl halides is 1. The van der Waals surface area contributed by atoms with Gasteiger partial charge < -0.3 is 9.84 Å². The predicted octanol–water partition coefficient (Wildman–Crippen LogP) is 2.70. The summed E-state index contributed by atoms with van der Waals surface area (Å²) in [4.78, 5) is 10.6. The molecule has 1 aliphatic rings. The molecule has 0 fully saturated rings. The number of hydrogen-bond donors (Lipinski definition) is 1. The summed E-state index contributed by atoms with van der Waals surface area (Å²) in [7, 11) is 0. The number of aromatic carboxylic acids is 1. The highest BCUT2D eigenvalue weighted by Gasteiger charge is 2.18. The maximum Gasteiger partial charge on any atom is 0.335 e. The van der Waals surface area contributed by atoms with Gasteiger partial charge >= 0.3 is 5.97 Å². The van der Waals surface area contributed by atoms with Crippen molar-refractivity contribution < 1.29 is 14.6 Å². The molecule has 16 heavy (non-hydrogen) atoms. The standard InChI is InChI=1S/C12H11ClO3/c13-9-3-6-11(7-9)16-10-4-1-8(2-5-10)12(14)15/h1-6,9,11H,7H2,(H,14,15)/t9-,11+/m0/s1. The SMILES string of the molecule is O=C(O)c1ccc(O[C@@H]2C=C[C@H](Cl)C2)cc1. The van der Waals surface area contributed by atoms with Crippen molar-refractivity contribution in [2.24, 2.45) is 0 Å². The first kappa shape index (κ1) is 11.0. The van der Waals surface area contributed by atoms with E-state index in [0.717, 1.165) is 6.42 Å². The number of benzene rings is 1. The van der Waals surface area contributed by atoms with Crippen molar-refractivity contribution in [3.8, 4) is 5.75 Å². The van der Waals surface area contributed by atoms with E-state index in [1.807, 2.05) is 12.2 Å². The van der Waals surface area contributed by atoms with Gasteiger partial charge in [-0.2, -0.15) is 0 Å². The summed E-state index contributed by atoms with van der Waals surface area (Å²) >= 11 is 5.90. The normalized spacial score (nSPS) is 23.3. The third kappa shape index (κ3) is 2.55. The van der Waals surface area contributed by atoms with Gasteiger partial charge in [-0.1, -0.05) is 6.08 Å². The van der Waals surface area contributed by atoms with Gasteiger partial charge in [-0.25, -0.2) is 4.79 Å². The third-order valence-electron chi connectivity index (χ3n) is 2.38. The molecule has 84 valence electrons. The molecule has 0 heterocycles. The lowest BCUT2D eigenvalue weighted by atomic mass is 10.2. The van der Waals surface area contributed by atoms with Crippen LogP contribution in [0.2, 0.25) is 0 Å². The zero-order valence-corrected chi connectivity index (χ0v) is 9.22. The van der Waals surface area contributed by atoms with Gasteiger partial charge in [0.1, 0.15) is 11.9 Å². The van der Waals surface area contributed by atoms with Crippen molar-refractivity contribution in [2.45, 2.75) is 17.9 Å². The summed E-state index contributed by atoms with van der Waals surface area (Å²) in [6.07, 6.45) is 4.56. The van der Waals surface area contributed by atoms with E-state index < -0.39 is 5.97 Å². The largest absolute Gasteiger partial charge is 0.486 e. The number of hydrogen-bond acceptors (Lipinski definition) is 2. The van der Waals surface area contributed by atoms with Crippen molar-refractivity contribution in [1.29, 1.82) is 0 Å². The van der Waals surface area contributed by atoms with Crippen LogP contribution >= 0.6 is 11.6 Å². The number of carboxylic acids is 1. The van der Waals surface area contributed by atoms with Gasteiger partial charge in [-0.05, 0) is 30.3 Å². The molecule has 2 atom stereocenters. The lowest BCUT2D eigenvalue weighted by molar-refractivity contribution is 0.0697. The van der Waals surface area contributed by atoms with E-state index in [4.69, 9.17) is 21.4 Å². The summed E-state index contributed by atoms with van der Waals surface area (Å²) < 4.78 is 5.62. The second-order valence-electron chi connectivity index (χ2n) is 3.62. The van der Waals surface area contributed by atoms with Crippen LogP contribution in [0.25, 0.3) is 0 Å². The molecule has 3 nitrogen and oxygen atoms in total. The fourth-order valence-electron chi connectivity index (χ4n) is 1.56. The molecule has 1 aromatic carbocycles. The van der Waals surface area contributed by atoms with Gasteiger partial charge in [0.15, 0.2) is 0 Å². The maximum absolute atomic E-state index is 10.6. The van der Waals surface area contributed by atoms with E-state index in [9.17, 15) is 4.79 Å². The molecule has 1 N–H and O–H groups in total. The zero-order valence-electron chi connectivity index (χ0n) is 8.47. The van der Waals surface area contributed by atoms with E-state index in [-0.39, 0.29) is 17.0 Å². The number of rotatable bonds is 3. The predicted molar refractivity (Wildman–Crippen MR) is 61.2 cm³/mol. The summed E-state index contributed by atoms with van der Waals surface area (Å²) in [6.45, 7) is 0. The summed E-state index contributed by atoms with van der Waals surface area (Å²) in [6, 6.07) is 6.35. The van der Waals surface area contributed by atoms with Crippen LogP contribution in [-0.4, -0.2) is 22.6 Å². The minimum atomic E-state index is -0.937. The topological polar surface area (TPSA) is 46.5 Å². The van der Waals surface area contributed by atoms with E-state index in [2.05, 4.69) is 0 Å². The Bertz CT molecular complexity index is 411. The quantitative estimate of drug-likeness (QED) is 0.651. The van der Waals surface area contributed by atoms with Crippen molar-refractivity contribution in [3.63, 3.8) is 0 Å². The van der Waals surface area contributed by atoms with Crippen LogP contribution in [0.4, 0.5) is 0 Å². The third-order valence-corrected chi connectivity index (χ3v) is 2.70. The molecule has 2 rings (SSSR count). The monoisotopic (exact) mass is 238 g/mol. The van der Waals surface area contributed by atoms with Gasteiger partial charge in [0.05, 0.1) is 10.9 Å². The zero-order chi connectivity index (χ0) is 11.5. The van der Waals surface area contributed by atoms with Gasteiger partial charge in [0.2, 0.25) is 0 Å². The Hall–Kier alpha value is -1.48. The number of carboxylic acid groups (broad SMARTS) is 1. The highest BCUT2D eigenvalue weighted by atomic mass is 35.5. The molecule has 0 unspecified atom stereocenters. The minimum absolute atomic E-state index is 0.0156. The first-order valence-corrected chi connectivity index (χ1v) is 5.41. The second-order valence-corrected chi connectivity index (χ2v) is 4.18. The van der Waals surface area contributed by atoms with Crippen molar-refractivity contribution in [1.82, 2.24) is 0 Å². The molecule has 1 aromatic rings. The lowest BCUT2D eigenvalue weighted by Crippen LogP contribution is -2.12. The first-order valence-electron chi connectivity index (χ1n) is 4.97. The Kier molecular flexibility index (Phi) is 3.15. The molecule has 0 amide bonds. The summed E-state index contributed by atoms with van der Waals surface area (Å²) in [5.74, 6) is -0.279. The van der Waals surface area contributed by atoms with Crippen molar-refractivity contribution in [3.05, 3.63) is 42.0 Å². The van der Waals surface area contributed by atoms with Gasteiger partial charge in [0.25, 0.3) is 0 Å². The Morgan fingerprint density at radius 3 is 2.50 bits per heavy atom. The first-order chi connectivity index (χ1) is 7.65. The van der Waals surface area contributed by atoms with Crippen molar-refractivity contribution >= 4 is 17.6 Å². The van der Waals surface area contributed by atoms with Crippen LogP contribution in [0.3, 0.4) is 0 Å². The average molecular weight is 239 g/mol. The smallest absolute Gasteiger partial charge is 0.335 e. The number of ether oxygens (including phenoxy) is 1. The van der Waals surface area contributed by atoms with Crippen molar-refractivity contribution in [2.75, 3.05) is 0 Å². The Labute approximate surface area is 98.3 Å². The highest BCUT2D eigenvalue weighted by molar-refractivity contribution is 6.22. The molecule has 0 spiro atoms.